The molecule has 1 spiro atoms. The number of aryl methyl sites for hydroxylation is 1. The van der Waals surface area contributed by atoms with Gasteiger partial charge in [-0.05, 0) is 43.5 Å². The molecular weight excluding hydrogens is 332 g/mol. The van der Waals surface area contributed by atoms with Crippen molar-refractivity contribution in [1.82, 2.24) is 9.88 Å². The third-order valence-corrected chi connectivity index (χ3v) is 5.43. The van der Waals surface area contributed by atoms with E-state index in [9.17, 15) is 4.79 Å². The minimum Gasteiger partial charge on any atom is -0.459 e. The number of piperidine rings is 1. The minimum absolute atomic E-state index is 0.0224. The fourth-order valence-corrected chi connectivity index (χ4v) is 3.80. The molecule has 4 rings (SSSR count). The van der Waals surface area contributed by atoms with Crippen molar-refractivity contribution in [3.63, 3.8) is 0 Å². The summed E-state index contributed by atoms with van der Waals surface area (Å²) in [5.74, 6) is 0.428. The van der Waals surface area contributed by atoms with E-state index in [-0.39, 0.29) is 17.6 Å². The molecule has 1 amide bonds. The van der Waals surface area contributed by atoms with Gasteiger partial charge >= 0.3 is 0 Å². The monoisotopic (exact) mass is 356 g/mol. The predicted octanol–water partition coefficient (Wildman–Crippen LogP) is 2.96. The molecule has 138 valence electrons. The van der Waals surface area contributed by atoms with Crippen molar-refractivity contribution < 1.29 is 18.7 Å². The second-order valence-electron chi connectivity index (χ2n) is 7.21. The Kier molecular flexibility index (Phi) is 4.78. The van der Waals surface area contributed by atoms with E-state index < -0.39 is 0 Å². The Morgan fingerprint density at radius 1 is 1.31 bits per heavy atom. The molecule has 0 saturated carbocycles. The van der Waals surface area contributed by atoms with Crippen LogP contribution in [0.1, 0.15) is 40.9 Å². The van der Waals surface area contributed by atoms with Gasteiger partial charge in [0.15, 0.2) is 5.76 Å². The number of pyridine rings is 1. The van der Waals surface area contributed by atoms with Crippen LogP contribution in [0, 0.1) is 6.92 Å². The first-order chi connectivity index (χ1) is 12.7. The van der Waals surface area contributed by atoms with Gasteiger partial charge in [-0.2, -0.15) is 0 Å². The molecule has 0 radical (unpaired) electrons. The van der Waals surface area contributed by atoms with Crippen LogP contribution in [0.3, 0.4) is 0 Å². The Morgan fingerprint density at radius 2 is 2.08 bits per heavy atom. The molecule has 26 heavy (non-hydrogen) atoms. The van der Waals surface area contributed by atoms with E-state index in [4.69, 9.17) is 13.9 Å². The van der Waals surface area contributed by atoms with Gasteiger partial charge in [0, 0.05) is 37.5 Å². The Balaban J connectivity index is 1.29. The molecule has 0 N–H and O–H groups in total. The van der Waals surface area contributed by atoms with E-state index in [1.165, 1.54) is 0 Å². The molecule has 0 bridgehead atoms. The Labute approximate surface area is 153 Å². The van der Waals surface area contributed by atoms with Gasteiger partial charge in [-0.1, -0.05) is 0 Å². The lowest BCUT2D eigenvalue weighted by Gasteiger charge is -2.38. The van der Waals surface area contributed by atoms with Crippen LogP contribution in [0.25, 0.3) is 0 Å². The second-order valence-corrected chi connectivity index (χ2v) is 7.21. The summed E-state index contributed by atoms with van der Waals surface area (Å²) in [5.41, 5.74) is 1.85. The zero-order chi connectivity index (χ0) is 18.0. The lowest BCUT2D eigenvalue weighted by molar-refractivity contribution is -0.0416. The molecule has 2 fully saturated rings. The molecule has 0 aromatic carbocycles. The SMILES string of the molecule is Cc1ccoc1C(=O)N1CCC2(CC1)C[C@H](OCc1ccncc1)CO2. The first-order valence-electron chi connectivity index (χ1n) is 9.13. The van der Waals surface area contributed by atoms with Gasteiger partial charge in [-0.15, -0.1) is 0 Å². The highest BCUT2D eigenvalue weighted by atomic mass is 16.6. The van der Waals surface area contributed by atoms with Crippen molar-refractivity contribution >= 4 is 5.91 Å². The molecule has 6 heteroatoms. The molecule has 4 heterocycles. The number of amides is 1. The molecule has 2 aliphatic rings. The van der Waals surface area contributed by atoms with E-state index in [2.05, 4.69) is 4.98 Å². The van der Waals surface area contributed by atoms with Crippen molar-refractivity contribution in [2.45, 2.75) is 44.5 Å². The number of rotatable bonds is 4. The van der Waals surface area contributed by atoms with Crippen molar-refractivity contribution in [3.8, 4) is 0 Å². The van der Waals surface area contributed by atoms with E-state index in [0.29, 0.717) is 32.1 Å². The summed E-state index contributed by atoms with van der Waals surface area (Å²) in [5, 5.41) is 0. The predicted molar refractivity (Wildman–Crippen MR) is 94.7 cm³/mol. The number of carbonyl (C=O) groups is 1. The van der Waals surface area contributed by atoms with Crippen LogP contribution in [-0.4, -0.2) is 47.2 Å². The van der Waals surface area contributed by atoms with Gasteiger partial charge in [0.05, 0.1) is 31.2 Å². The van der Waals surface area contributed by atoms with Crippen LogP contribution in [0.15, 0.2) is 41.3 Å². The average molecular weight is 356 g/mol. The molecule has 6 nitrogen and oxygen atoms in total. The average Bonchev–Trinajstić information content (AvgIpc) is 3.27. The summed E-state index contributed by atoms with van der Waals surface area (Å²) in [6.45, 7) is 4.48. The molecule has 2 aromatic heterocycles. The summed E-state index contributed by atoms with van der Waals surface area (Å²) in [6, 6.07) is 5.75. The second kappa shape index (κ2) is 7.21. The number of ether oxygens (including phenoxy) is 2. The Hall–Kier alpha value is -2.18. The van der Waals surface area contributed by atoms with E-state index in [1.54, 1.807) is 18.7 Å². The Bertz CT molecular complexity index is 750. The standard InChI is InChI=1S/C20H24N2O4/c1-15-4-11-24-18(15)19(23)22-9-5-20(6-10-22)12-17(14-26-20)25-13-16-2-7-21-8-3-16/h2-4,7-8,11,17H,5-6,9-10,12-14H2,1H3/t17-/m0/s1. The highest BCUT2D eigenvalue weighted by Gasteiger charge is 2.44. The van der Waals surface area contributed by atoms with Crippen LogP contribution in [0.4, 0.5) is 0 Å². The smallest absolute Gasteiger partial charge is 0.289 e. The number of hydrogen-bond donors (Lipinski definition) is 0. The fourth-order valence-electron chi connectivity index (χ4n) is 3.80. The lowest BCUT2D eigenvalue weighted by atomic mass is 9.88. The normalized spacial score (nSPS) is 22.0. The maximum absolute atomic E-state index is 12.6. The summed E-state index contributed by atoms with van der Waals surface area (Å²) < 4.78 is 17.5. The van der Waals surface area contributed by atoms with Gasteiger partial charge in [0.25, 0.3) is 5.91 Å². The maximum atomic E-state index is 12.6. The van der Waals surface area contributed by atoms with E-state index in [0.717, 1.165) is 30.4 Å². The maximum Gasteiger partial charge on any atom is 0.289 e. The van der Waals surface area contributed by atoms with Gasteiger partial charge in [0.2, 0.25) is 0 Å². The van der Waals surface area contributed by atoms with Crippen LogP contribution < -0.4 is 0 Å². The topological polar surface area (TPSA) is 64.8 Å². The third kappa shape index (κ3) is 3.52. The molecular formula is C20H24N2O4. The number of carbonyl (C=O) groups excluding carboxylic acids is 1. The van der Waals surface area contributed by atoms with Crippen molar-refractivity contribution in [1.29, 1.82) is 0 Å². The number of aromatic nitrogens is 1. The first kappa shape index (κ1) is 17.2. The minimum atomic E-state index is -0.155. The van der Waals surface area contributed by atoms with Crippen LogP contribution in [-0.2, 0) is 16.1 Å². The molecule has 0 unspecified atom stereocenters. The molecule has 2 aromatic rings. The van der Waals surface area contributed by atoms with Crippen LogP contribution in [0.2, 0.25) is 0 Å². The summed E-state index contributed by atoms with van der Waals surface area (Å²) in [6.07, 6.45) is 7.80. The molecule has 2 saturated heterocycles. The quantitative estimate of drug-likeness (QED) is 0.843. The largest absolute Gasteiger partial charge is 0.459 e. The van der Waals surface area contributed by atoms with Crippen molar-refractivity contribution in [2.24, 2.45) is 0 Å². The Morgan fingerprint density at radius 3 is 2.77 bits per heavy atom. The van der Waals surface area contributed by atoms with Gasteiger partial charge in [0.1, 0.15) is 0 Å². The lowest BCUT2D eigenvalue weighted by Crippen LogP contribution is -2.46. The number of nitrogens with zero attached hydrogens (tertiary/aromatic N) is 2. The molecule has 0 aliphatic carbocycles. The summed E-state index contributed by atoms with van der Waals surface area (Å²) >= 11 is 0. The van der Waals surface area contributed by atoms with Crippen LogP contribution in [0.5, 0.6) is 0 Å². The molecule has 1 atom stereocenters. The zero-order valence-electron chi connectivity index (χ0n) is 15.0. The van der Waals surface area contributed by atoms with Gasteiger partial charge in [-0.25, -0.2) is 0 Å². The fraction of sp³-hybridized carbons (Fsp3) is 0.500. The number of furan rings is 1. The first-order valence-corrected chi connectivity index (χ1v) is 9.13. The van der Waals surface area contributed by atoms with Gasteiger partial charge < -0.3 is 18.8 Å². The van der Waals surface area contributed by atoms with Crippen molar-refractivity contribution in [2.75, 3.05) is 19.7 Å². The van der Waals surface area contributed by atoms with Gasteiger partial charge in [-0.3, -0.25) is 9.78 Å². The number of likely N-dealkylation sites (tertiary alicyclic amines) is 1. The number of hydrogen-bond acceptors (Lipinski definition) is 5. The zero-order valence-corrected chi connectivity index (χ0v) is 15.0. The highest BCUT2D eigenvalue weighted by Crippen LogP contribution is 2.37. The van der Waals surface area contributed by atoms with Crippen molar-refractivity contribution in [3.05, 3.63) is 53.7 Å². The summed E-state index contributed by atoms with van der Waals surface area (Å²) in [7, 11) is 0. The highest BCUT2D eigenvalue weighted by molar-refractivity contribution is 5.92. The molecule has 2 aliphatic heterocycles. The van der Waals surface area contributed by atoms with Crippen LogP contribution >= 0.6 is 0 Å². The van der Waals surface area contributed by atoms with E-state index in [1.807, 2.05) is 30.0 Å². The summed E-state index contributed by atoms with van der Waals surface area (Å²) in [4.78, 5) is 18.5. The van der Waals surface area contributed by atoms with E-state index >= 15 is 0 Å². The third-order valence-electron chi connectivity index (χ3n) is 5.43.